The molecule has 2 atom stereocenters. The third-order valence-corrected chi connectivity index (χ3v) is 15.7. The summed E-state index contributed by atoms with van der Waals surface area (Å²) < 4.78 is 5.49. The molecule has 3 N–H and O–H groups in total. The summed E-state index contributed by atoms with van der Waals surface area (Å²) in [7, 11) is 0. The van der Waals surface area contributed by atoms with Crippen LogP contribution in [-0.4, -0.2) is 47.4 Å². The highest BCUT2D eigenvalue weighted by Crippen LogP contribution is 2.18. The van der Waals surface area contributed by atoms with E-state index >= 15 is 0 Å². The summed E-state index contributed by atoms with van der Waals surface area (Å²) in [4.78, 5) is 24.5. The fourth-order valence-electron chi connectivity index (χ4n) is 10.5. The first-order valence-corrected chi connectivity index (χ1v) is 33.8. The molecule has 1 amide bonds. The molecule has 0 spiro atoms. The van der Waals surface area contributed by atoms with Crippen molar-refractivity contribution in [2.75, 3.05) is 13.2 Å². The third kappa shape index (κ3) is 61.2. The number of hydrogen-bond acceptors (Lipinski definition) is 5. The smallest absolute Gasteiger partial charge is 0.305 e. The number of esters is 1. The molecule has 0 aliphatic rings. The standard InChI is InChI=1S/C69H131NO5/c1-3-5-7-9-11-13-15-17-34-39-43-47-51-55-59-63-69(74)75-64-60-56-52-48-44-40-36-33-31-29-27-25-23-21-19-20-22-24-26-28-30-32-35-38-42-46-50-54-58-62-68(73)70-66(65-71)67(72)61-57-53-49-45-41-37-18-16-14-12-10-8-6-4-2/h11,13,17,34,57,61,66-67,71-72H,3-10,12,14-16,18-33,35-56,58-60,62-65H2,1-2H3,(H,70,73)/b13-11-,34-17-,61-57+. The summed E-state index contributed by atoms with van der Waals surface area (Å²) in [6.45, 7) is 4.89. The molecular formula is C69H131NO5. The molecule has 6 nitrogen and oxygen atoms in total. The molecule has 6 heteroatoms. The van der Waals surface area contributed by atoms with Gasteiger partial charge in [-0.25, -0.2) is 0 Å². The van der Waals surface area contributed by atoms with Crippen LogP contribution in [-0.2, 0) is 14.3 Å². The largest absolute Gasteiger partial charge is 0.466 e. The molecule has 2 unspecified atom stereocenters. The first kappa shape index (κ1) is 73.1. The summed E-state index contributed by atoms with van der Waals surface area (Å²) in [5.41, 5.74) is 0. The summed E-state index contributed by atoms with van der Waals surface area (Å²) in [6.07, 6.45) is 82.1. The van der Waals surface area contributed by atoms with E-state index in [0.717, 1.165) is 51.4 Å². The Hall–Kier alpha value is -1.92. The Balaban J connectivity index is 3.35. The second-order valence-corrected chi connectivity index (χ2v) is 23.2. The van der Waals surface area contributed by atoms with Crippen LogP contribution in [0.25, 0.3) is 0 Å². The molecule has 0 saturated carbocycles. The van der Waals surface area contributed by atoms with E-state index in [2.05, 4.69) is 43.5 Å². The quantitative estimate of drug-likeness (QED) is 0.0320. The minimum Gasteiger partial charge on any atom is -0.466 e. The second-order valence-electron chi connectivity index (χ2n) is 23.2. The number of rotatable bonds is 63. The maximum absolute atomic E-state index is 12.5. The molecule has 0 saturated heterocycles. The average Bonchev–Trinajstić information content (AvgIpc) is 3.41. The highest BCUT2D eigenvalue weighted by atomic mass is 16.5. The Kier molecular flexibility index (Phi) is 63.0. The average molecular weight is 1050 g/mol. The van der Waals surface area contributed by atoms with E-state index in [1.165, 1.54) is 289 Å². The summed E-state index contributed by atoms with van der Waals surface area (Å²) in [5.74, 6) is -0.0578. The number of unbranched alkanes of at least 4 members (excludes halogenated alkanes) is 48. The highest BCUT2D eigenvalue weighted by Gasteiger charge is 2.18. The lowest BCUT2D eigenvalue weighted by Gasteiger charge is -2.20. The predicted octanol–water partition coefficient (Wildman–Crippen LogP) is 21.5. The molecular weight excluding hydrogens is 923 g/mol. The molecule has 0 aromatic carbocycles. The number of allylic oxidation sites excluding steroid dienone is 5. The van der Waals surface area contributed by atoms with Crippen LogP contribution in [0.5, 0.6) is 0 Å². The number of carbonyl (C=O) groups excluding carboxylic acids is 2. The fourth-order valence-corrected chi connectivity index (χ4v) is 10.5. The van der Waals surface area contributed by atoms with Crippen molar-refractivity contribution < 1.29 is 24.5 Å². The Labute approximate surface area is 468 Å². The van der Waals surface area contributed by atoms with Crippen LogP contribution in [0, 0.1) is 0 Å². The molecule has 0 bridgehead atoms. The van der Waals surface area contributed by atoms with Gasteiger partial charge in [-0.2, -0.15) is 0 Å². The molecule has 0 aliphatic heterocycles. The Morgan fingerprint density at radius 1 is 0.373 bits per heavy atom. The SMILES string of the molecule is CCCCC/C=C\C/C=C\CCCCCCCC(=O)OCCCCCCCCCCCCCCCCCCCCCCCCCCCCCCCC(=O)NC(CO)C(O)/C=C/CCCCCCCCCCCCCC. The van der Waals surface area contributed by atoms with Crippen LogP contribution in [0.1, 0.15) is 367 Å². The zero-order chi connectivity index (χ0) is 54.3. The third-order valence-electron chi connectivity index (χ3n) is 15.7. The van der Waals surface area contributed by atoms with Crippen LogP contribution in [0.15, 0.2) is 36.5 Å². The van der Waals surface area contributed by atoms with Gasteiger partial charge in [0, 0.05) is 12.8 Å². The van der Waals surface area contributed by atoms with Gasteiger partial charge in [-0.3, -0.25) is 9.59 Å². The highest BCUT2D eigenvalue weighted by molar-refractivity contribution is 5.76. The number of amides is 1. The molecule has 0 aliphatic carbocycles. The van der Waals surface area contributed by atoms with E-state index in [9.17, 15) is 19.8 Å². The van der Waals surface area contributed by atoms with Crippen molar-refractivity contribution in [2.45, 2.75) is 379 Å². The number of ether oxygens (including phenoxy) is 1. The van der Waals surface area contributed by atoms with Crippen LogP contribution < -0.4 is 5.32 Å². The Bertz CT molecular complexity index is 1210. The first-order valence-electron chi connectivity index (χ1n) is 33.8. The molecule has 0 fully saturated rings. The van der Waals surface area contributed by atoms with Crippen molar-refractivity contribution >= 4 is 11.9 Å². The number of nitrogens with one attached hydrogen (secondary N) is 1. The Morgan fingerprint density at radius 3 is 1.04 bits per heavy atom. The minimum atomic E-state index is -0.841. The monoisotopic (exact) mass is 1050 g/mol. The van der Waals surface area contributed by atoms with E-state index < -0.39 is 12.1 Å². The minimum absolute atomic E-state index is 0.00525. The van der Waals surface area contributed by atoms with Gasteiger partial charge in [0.1, 0.15) is 0 Å². The summed E-state index contributed by atoms with van der Waals surface area (Å²) >= 11 is 0. The number of hydrogen-bond donors (Lipinski definition) is 3. The van der Waals surface area contributed by atoms with Crippen molar-refractivity contribution in [3.63, 3.8) is 0 Å². The van der Waals surface area contributed by atoms with Gasteiger partial charge in [-0.15, -0.1) is 0 Å². The zero-order valence-corrected chi connectivity index (χ0v) is 50.5. The van der Waals surface area contributed by atoms with Gasteiger partial charge in [-0.05, 0) is 64.2 Å². The molecule has 0 aromatic heterocycles. The van der Waals surface area contributed by atoms with E-state index in [0.29, 0.717) is 19.4 Å². The number of aliphatic hydroxyl groups is 2. The molecule has 75 heavy (non-hydrogen) atoms. The van der Waals surface area contributed by atoms with Gasteiger partial charge in [0.25, 0.3) is 0 Å². The van der Waals surface area contributed by atoms with Gasteiger partial charge in [0.2, 0.25) is 5.91 Å². The lowest BCUT2D eigenvalue weighted by Crippen LogP contribution is -2.45. The van der Waals surface area contributed by atoms with E-state index in [4.69, 9.17) is 4.74 Å². The lowest BCUT2D eigenvalue weighted by atomic mass is 10.0. The van der Waals surface area contributed by atoms with Gasteiger partial charge in [0.15, 0.2) is 0 Å². The van der Waals surface area contributed by atoms with Crippen LogP contribution in [0.4, 0.5) is 0 Å². The summed E-state index contributed by atoms with van der Waals surface area (Å²) in [6, 6.07) is -0.625. The lowest BCUT2D eigenvalue weighted by molar-refractivity contribution is -0.143. The Morgan fingerprint density at radius 2 is 0.667 bits per heavy atom. The van der Waals surface area contributed by atoms with Crippen molar-refractivity contribution in [2.24, 2.45) is 0 Å². The topological polar surface area (TPSA) is 95.9 Å². The number of aliphatic hydroxyl groups excluding tert-OH is 2. The molecule has 0 heterocycles. The van der Waals surface area contributed by atoms with Crippen molar-refractivity contribution in [3.8, 4) is 0 Å². The maximum atomic E-state index is 12.5. The number of carbonyl (C=O) groups is 2. The maximum Gasteiger partial charge on any atom is 0.305 e. The van der Waals surface area contributed by atoms with Crippen LogP contribution >= 0.6 is 0 Å². The second kappa shape index (κ2) is 64.6. The van der Waals surface area contributed by atoms with Gasteiger partial charge in [0.05, 0.1) is 25.4 Å². The van der Waals surface area contributed by atoms with E-state index in [1.54, 1.807) is 6.08 Å². The summed E-state index contributed by atoms with van der Waals surface area (Å²) in [5, 5.41) is 23.1. The molecule has 0 rings (SSSR count). The van der Waals surface area contributed by atoms with E-state index in [-0.39, 0.29) is 18.5 Å². The molecule has 442 valence electrons. The van der Waals surface area contributed by atoms with Gasteiger partial charge in [-0.1, -0.05) is 326 Å². The van der Waals surface area contributed by atoms with E-state index in [1.807, 2.05) is 6.08 Å². The predicted molar refractivity (Wildman–Crippen MR) is 329 cm³/mol. The van der Waals surface area contributed by atoms with Crippen LogP contribution in [0.3, 0.4) is 0 Å². The van der Waals surface area contributed by atoms with Crippen molar-refractivity contribution in [3.05, 3.63) is 36.5 Å². The van der Waals surface area contributed by atoms with Crippen molar-refractivity contribution in [1.82, 2.24) is 5.32 Å². The van der Waals surface area contributed by atoms with Gasteiger partial charge < -0.3 is 20.3 Å². The molecule has 0 aromatic rings. The molecule has 0 radical (unpaired) electrons. The first-order chi connectivity index (χ1) is 37.0. The van der Waals surface area contributed by atoms with Crippen LogP contribution in [0.2, 0.25) is 0 Å². The fraction of sp³-hybridized carbons (Fsp3) is 0.884. The zero-order valence-electron chi connectivity index (χ0n) is 50.5. The van der Waals surface area contributed by atoms with Crippen molar-refractivity contribution in [1.29, 1.82) is 0 Å². The normalized spacial score (nSPS) is 12.7. The van der Waals surface area contributed by atoms with Gasteiger partial charge >= 0.3 is 5.97 Å².